The molecule has 1 N–H and O–H groups in total. The summed E-state index contributed by atoms with van der Waals surface area (Å²) in [5.74, 6) is -0.218. The predicted octanol–water partition coefficient (Wildman–Crippen LogP) is 5.02. The Morgan fingerprint density at radius 3 is 2.55 bits per heavy atom. The molecule has 0 fully saturated rings. The molecule has 0 saturated carbocycles. The molecule has 0 unspecified atom stereocenters. The standard InChI is InChI=1S/C14H19BrF3NO/c1-2-3-4-5-8-19-10-11-6-7-13(12(15)9-11)20-14(16,17)18/h6-7,9,19H,2-5,8,10H2,1H3. The SMILES string of the molecule is CCCCCCNCc1ccc(OC(F)(F)F)c(Br)c1. The van der Waals surface area contributed by atoms with E-state index in [-0.39, 0.29) is 5.75 Å². The van der Waals surface area contributed by atoms with Crippen LogP contribution in [-0.4, -0.2) is 12.9 Å². The summed E-state index contributed by atoms with van der Waals surface area (Å²) in [5, 5.41) is 3.27. The van der Waals surface area contributed by atoms with E-state index in [9.17, 15) is 13.2 Å². The van der Waals surface area contributed by atoms with Gasteiger partial charge in [-0.25, -0.2) is 0 Å². The average molecular weight is 354 g/mol. The van der Waals surface area contributed by atoms with Gasteiger partial charge >= 0.3 is 6.36 Å². The molecule has 0 atom stereocenters. The number of hydrogen-bond acceptors (Lipinski definition) is 2. The number of hydrogen-bond donors (Lipinski definition) is 1. The van der Waals surface area contributed by atoms with Gasteiger partial charge in [-0.15, -0.1) is 13.2 Å². The van der Waals surface area contributed by atoms with Gasteiger partial charge in [0.25, 0.3) is 0 Å². The van der Waals surface area contributed by atoms with Gasteiger partial charge in [0.15, 0.2) is 0 Å². The van der Waals surface area contributed by atoms with Gasteiger partial charge < -0.3 is 10.1 Å². The highest BCUT2D eigenvalue weighted by molar-refractivity contribution is 9.10. The fourth-order valence-corrected chi connectivity index (χ4v) is 2.28. The summed E-state index contributed by atoms with van der Waals surface area (Å²) in [7, 11) is 0. The summed E-state index contributed by atoms with van der Waals surface area (Å²) in [6, 6.07) is 4.59. The molecule has 0 saturated heterocycles. The maximum atomic E-state index is 12.1. The third kappa shape index (κ3) is 7.14. The Hall–Kier alpha value is -0.750. The van der Waals surface area contributed by atoms with Crippen molar-refractivity contribution in [3.05, 3.63) is 28.2 Å². The van der Waals surface area contributed by atoms with Crippen molar-refractivity contribution in [2.24, 2.45) is 0 Å². The highest BCUT2D eigenvalue weighted by Crippen LogP contribution is 2.30. The van der Waals surface area contributed by atoms with Crippen molar-refractivity contribution >= 4 is 15.9 Å². The number of halogens is 4. The van der Waals surface area contributed by atoms with Crippen LogP contribution in [-0.2, 0) is 6.54 Å². The molecule has 114 valence electrons. The Morgan fingerprint density at radius 1 is 1.20 bits per heavy atom. The molecular formula is C14H19BrF3NO. The van der Waals surface area contributed by atoms with E-state index in [0.29, 0.717) is 11.0 Å². The first-order valence-corrected chi connectivity index (χ1v) is 7.46. The third-order valence-electron chi connectivity index (χ3n) is 2.76. The van der Waals surface area contributed by atoms with E-state index >= 15 is 0 Å². The van der Waals surface area contributed by atoms with Gasteiger partial charge in [-0.05, 0) is 46.6 Å². The van der Waals surface area contributed by atoms with Crippen molar-refractivity contribution in [2.75, 3.05) is 6.54 Å². The Kier molecular flexibility index (Phi) is 7.37. The first-order valence-electron chi connectivity index (χ1n) is 6.67. The number of ether oxygens (including phenoxy) is 1. The lowest BCUT2D eigenvalue weighted by Crippen LogP contribution is -2.18. The molecule has 2 nitrogen and oxygen atoms in total. The summed E-state index contributed by atoms with van der Waals surface area (Å²) in [6.45, 7) is 3.71. The molecule has 0 heterocycles. The molecule has 1 rings (SSSR count). The van der Waals surface area contributed by atoms with Crippen LogP contribution in [0.1, 0.15) is 38.2 Å². The highest BCUT2D eigenvalue weighted by atomic mass is 79.9. The van der Waals surface area contributed by atoms with Crippen molar-refractivity contribution in [1.82, 2.24) is 5.32 Å². The predicted molar refractivity (Wildman–Crippen MR) is 76.7 cm³/mol. The molecule has 0 aliphatic carbocycles. The van der Waals surface area contributed by atoms with Crippen molar-refractivity contribution in [3.63, 3.8) is 0 Å². The molecule has 0 spiro atoms. The molecule has 1 aromatic carbocycles. The van der Waals surface area contributed by atoms with Crippen LogP contribution in [0.2, 0.25) is 0 Å². The molecule has 0 aliphatic rings. The summed E-state index contributed by atoms with van der Waals surface area (Å²) in [5.41, 5.74) is 0.918. The topological polar surface area (TPSA) is 21.3 Å². The van der Waals surface area contributed by atoms with Gasteiger partial charge in [0.05, 0.1) is 4.47 Å². The number of alkyl halides is 3. The van der Waals surface area contributed by atoms with E-state index in [1.807, 2.05) is 0 Å². The summed E-state index contributed by atoms with van der Waals surface area (Å²) < 4.78 is 40.5. The Bertz CT molecular complexity index is 410. The minimum atomic E-state index is -4.67. The highest BCUT2D eigenvalue weighted by Gasteiger charge is 2.31. The summed E-state index contributed by atoms with van der Waals surface area (Å²) in [4.78, 5) is 0. The van der Waals surface area contributed by atoms with E-state index in [1.54, 1.807) is 12.1 Å². The Labute approximate surface area is 125 Å². The van der Waals surface area contributed by atoms with Crippen LogP contribution in [0.5, 0.6) is 5.75 Å². The molecule has 0 aromatic heterocycles. The first-order chi connectivity index (χ1) is 9.42. The number of unbranched alkanes of at least 4 members (excludes halogenated alkanes) is 3. The van der Waals surface area contributed by atoms with Crippen LogP contribution in [0.4, 0.5) is 13.2 Å². The third-order valence-corrected chi connectivity index (χ3v) is 3.38. The van der Waals surface area contributed by atoms with E-state index in [0.717, 1.165) is 18.5 Å². The maximum Gasteiger partial charge on any atom is 0.573 e. The van der Waals surface area contributed by atoms with E-state index < -0.39 is 6.36 Å². The second-order valence-corrected chi connectivity index (χ2v) is 5.40. The van der Waals surface area contributed by atoms with Crippen LogP contribution < -0.4 is 10.1 Å². The molecule has 0 aliphatic heterocycles. The minimum Gasteiger partial charge on any atom is -0.405 e. The van der Waals surface area contributed by atoms with Crippen molar-refractivity contribution in [1.29, 1.82) is 0 Å². The van der Waals surface area contributed by atoms with Gasteiger partial charge in [0.2, 0.25) is 0 Å². The number of benzene rings is 1. The lowest BCUT2D eigenvalue weighted by Gasteiger charge is -2.12. The van der Waals surface area contributed by atoms with Crippen molar-refractivity contribution in [2.45, 2.75) is 45.5 Å². The van der Waals surface area contributed by atoms with Crippen LogP contribution >= 0.6 is 15.9 Å². The molecule has 0 amide bonds. The largest absolute Gasteiger partial charge is 0.573 e. The number of nitrogens with one attached hydrogen (secondary N) is 1. The van der Waals surface area contributed by atoms with Crippen LogP contribution in [0.3, 0.4) is 0 Å². The first kappa shape index (κ1) is 17.3. The second kappa shape index (κ2) is 8.52. The maximum absolute atomic E-state index is 12.1. The molecular weight excluding hydrogens is 335 g/mol. The van der Waals surface area contributed by atoms with Crippen molar-refractivity contribution < 1.29 is 17.9 Å². The van der Waals surface area contributed by atoms with Crippen LogP contribution in [0.15, 0.2) is 22.7 Å². The van der Waals surface area contributed by atoms with Crippen LogP contribution in [0.25, 0.3) is 0 Å². The second-order valence-electron chi connectivity index (χ2n) is 4.55. The minimum absolute atomic E-state index is 0.218. The monoisotopic (exact) mass is 353 g/mol. The Balaban J connectivity index is 2.39. The summed E-state index contributed by atoms with van der Waals surface area (Å²) >= 11 is 3.09. The summed E-state index contributed by atoms with van der Waals surface area (Å²) in [6.07, 6.45) is 0.0850. The van der Waals surface area contributed by atoms with Gasteiger partial charge in [0, 0.05) is 6.54 Å². The van der Waals surface area contributed by atoms with Crippen LogP contribution in [0, 0.1) is 0 Å². The normalized spacial score (nSPS) is 11.7. The zero-order valence-corrected chi connectivity index (χ0v) is 13.0. The average Bonchev–Trinajstić information content (AvgIpc) is 2.35. The Morgan fingerprint density at radius 2 is 1.95 bits per heavy atom. The molecule has 1 aromatic rings. The van der Waals surface area contributed by atoms with Gasteiger partial charge in [-0.1, -0.05) is 32.3 Å². The number of rotatable bonds is 8. The lowest BCUT2D eigenvalue weighted by atomic mass is 10.2. The van der Waals surface area contributed by atoms with Gasteiger partial charge in [0.1, 0.15) is 5.75 Å². The quantitative estimate of drug-likeness (QED) is 0.662. The lowest BCUT2D eigenvalue weighted by molar-refractivity contribution is -0.274. The van der Waals surface area contributed by atoms with Crippen molar-refractivity contribution in [3.8, 4) is 5.75 Å². The van der Waals surface area contributed by atoms with Gasteiger partial charge in [-0.2, -0.15) is 0 Å². The smallest absolute Gasteiger partial charge is 0.405 e. The fraction of sp³-hybridized carbons (Fsp3) is 0.571. The molecule has 0 radical (unpaired) electrons. The fourth-order valence-electron chi connectivity index (χ4n) is 1.77. The molecule has 6 heteroatoms. The van der Waals surface area contributed by atoms with Gasteiger partial charge in [-0.3, -0.25) is 0 Å². The zero-order valence-electron chi connectivity index (χ0n) is 11.4. The van der Waals surface area contributed by atoms with E-state index in [2.05, 4.69) is 32.9 Å². The zero-order chi connectivity index (χ0) is 15.0. The van der Waals surface area contributed by atoms with E-state index in [1.165, 1.54) is 25.3 Å². The molecule has 20 heavy (non-hydrogen) atoms. The molecule has 0 bridgehead atoms. The van der Waals surface area contributed by atoms with E-state index in [4.69, 9.17) is 0 Å².